The van der Waals surface area contributed by atoms with Crippen LogP contribution < -0.4 is 0 Å². The minimum absolute atomic E-state index is 0.231. The predicted octanol–water partition coefficient (Wildman–Crippen LogP) is 7.66. The Labute approximate surface area is 232 Å². The smallest absolute Gasteiger partial charge is 0.144 e. The number of aromatic nitrogens is 4. The van der Waals surface area contributed by atoms with Gasteiger partial charge in [-0.15, -0.1) is 15.0 Å². The van der Waals surface area contributed by atoms with Crippen molar-refractivity contribution in [1.29, 1.82) is 0 Å². The molecule has 6 aromatic rings. The van der Waals surface area contributed by atoms with Gasteiger partial charge in [0.2, 0.25) is 5.82 Å². The van der Waals surface area contributed by atoms with Crippen LogP contribution in [0.1, 0.15) is 22.3 Å². The molecule has 40 heavy (non-hydrogen) atoms. The normalized spacial score (nSPS) is 11.1. The first-order chi connectivity index (χ1) is 19.8. The Bertz CT molecular complexity index is 1660. The lowest BCUT2D eigenvalue weighted by Crippen LogP contribution is -2.39. The fourth-order valence-corrected chi connectivity index (χ4v) is 5.21. The zero-order chi connectivity index (χ0) is 27.2. The van der Waals surface area contributed by atoms with E-state index in [4.69, 9.17) is 15.8 Å². The van der Waals surface area contributed by atoms with Crippen LogP contribution in [0.2, 0.25) is 0 Å². The minimum atomic E-state index is -0.870. The highest BCUT2D eigenvalue weighted by Gasteiger charge is 2.41. The van der Waals surface area contributed by atoms with Gasteiger partial charge in [0.15, 0.2) is 5.54 Å². The van der Waals surface area contributed by atoms with E-state index in [0.29, 0.717) is 5.82 Å². The molecule has 0 saturated carbocycles. The monoisotopic (exact) mass is 519 g/mol. The quantitative estimate of drug-likeness (QED) is 0.0894. The molecule has 0 N–H and O–H groups in total. The average Bonchev–Trinajstić information content (AvgIpc) is 3.53. The van der Waals surface area contributed by atoms with E-state index >= 15 is 0 Å². The van der Waals surface area contributed by atoms with Crippen LogP contribution in [0.15, 0.2) is 145 Å². The van der Waals surface area contributed by atoms with E-state index in [9.17, 15) is 0 Å². The lowest BCUT2D eigenvalue weighted by atomic mass is 9.77. The summed E-state index contributed by atoms with van der Waals surface area (Å²) in [5.74, 6) is 0.480. The number of azide groups is 1. The molecule has 0 atom stereocenters. The van der Waals surface area contributed by atoms with Crippen molar-refractivity contribution in [3.05, 3.63) is 172 Å². The van der Waals surface area contributed by atoms with E-state index in [1.165, 1.54) is 0 Å². The van der Waals surface area contributed by atoms with Crippen molar-refractivity contribution in [1.82, 2.24) is 20.2 Å². The van der Waals surface area contributed by atoms with E-state index in [1.807, 2.05) is 91.0 Å². The molecule has 0 fully saturated rings. The number of hydrogen-bond donors (Lipinski definition) is 0. The van der Waals surface area contributed by atoms with Gasteiger partial charge in [0.05, 0.1) is 6.54 Å². The van der Waals surface area contributed by atoms with E-state index < -0.39 is 5.54 Å². The van der Waals surface area contributed by atoms with Crippen LogP contribution in [0.4, 0.5) is 0 Å². The van der Waals surface area contributed by atoms with Crippen molar-refractivity contribution in [3.63, 3.8) is 0 Å². The Morgan fingerprint density at radius 1 is 0.650 bits per heavy atom. The van der Waals surface area contributed by atoms with Gasteiger partial charge in [0.25, 0.3) is 0 Å². The molecule has 0 spiro atoms. The molecule has 1 aromatic heterocycles. The maximum Gasteiger partial charge on any atom is 0.205 e. The van der Waals surface area contributed by atoms with Crippen molar-refractivity contribution in [3.8, 4) is 22.5 Å². The summed E-state index contributed by atoms with van der Waals surface area (Å²) in [5, 5.41) is 18.2. The Balaban J connectivity index is 1.61. The van der Waals surface area contributed by atoms with Crippen molar-refractivity contribution >= 4 is 0 Å². The lowest BCUT2D eigenvalue weighted by molar-refractivity contribution is 0.396. The number of benzene rings is 5. The lowest BCUT2D eigenvalue weighted by Gasteiger charge is -2.34. The number of tetrazole rings is 1. The number of nitrogens with zero attached hydrogens (tertiary/aromatic N) is 7. The summed E-state index contributed by atoms with van der Waals surface area (Å²) < 4.78 is 0. The van der Waals surface area contributed by atoms with Crippen molar-refractivity contribution in [2.75, 3.05) is 0 Å². The highest BCUT2D eigenvalue weighted by atomic mass is 15.6. The minimum Gasteiger partial charge on any atom is -0.144 e. The third-order valence-corrected chi connectivity index (χ3v) is 7.01. The molecule has 0 saturated heterocycles. The Kier molecular flexibility index (Phi) is 6.86. The van der Waals surface area contributed by atoms with E-state index in [-0.39, 0.29) is 6.54 Å². The highest BCUT2D eigenvalue weighted by Crippen LogP contribution is 2.40. The van der Waals surface area contributed by atoms with Crippen LogP contribution in [0.3, 0.4) is 0 Å². The second kappa shape index (κ2) is 11.1. The summed E-state index contributed by atoms with van der Waals surface area (Å²) in [6.45, 7) is 0.231. The maximum atomic E-state index is 8.88. The number of hydrogen-bond acceptors (Lipinski definition) is 4. The van der Waals surface area contributed by atoms with Gasteiger partial charge < -0.3 is 0 Å². The molecule has 0 aliphatic rings. The van der Waals surface area contributed by atoms with Crippen LogP contribution in [0, 0.1) is 0 Å². The Morgan fingerprint density at radius 3 is 1.70 bits per heavy atom. The van der Waals surface area contributed by atoms with Gasteiger partial charge in [-0.25, -0.2) is 0 Å². The Hall–Kier alpha value is -5.52. The fourth-order valence-electron chi connectivity index (χ4n) is 5.21. The van der Waals surface area contributed by atoms with Gasteiger partial charge in [-0.1, -0.05) is 139 Å². The van der Waals surface area contributed by atoms with Gasteiger partial charge in [-0.2, -0.15) is 0 Å². The first-order valence-corrected chi connectivity index (χ1v) is 13.0. The summed E-state index contributed by atoms with van der Waals surface area (Å²) in [4.78, 5) is 4.65. The van der Waals surface area contributed by atoms with Gasteiger partial charge in [-0.3, -0.25) is 0 Å². The topological polar surface area (TPSA) is 92.4 Å². The Morgan fingerprint density at radius 2 is 1.18 bits per heavy atom. The third-order valence-electron chi connectivity index (χ3n) is 7.01. The molecule has 7 nitrogen and oxygen atoms in total. The SMILES string of the molecule is [N-]=[N+]=NCc1ccc(-c2ccccc2)c(-c2nnn(C(c3ccccc3)(c3ccccc3)c3ccccc3)n2)c1. The molecule has 0 unspecified atom stereocenters. The summed E-state index contributed by atoms with van der Waals surface area (Å²) in [6.07, 6.45) is 0. The standard InChI is InChI=1S/C33H25N7/c34-38-35-24-25-21-22-30(26-13-5-1-6-14-26)31(23-25)32-36-39-40(37-32)33(27-15-7-2-8-16-27,28-17-9-3-10-18-28)29-19-11-4-12-20-29/h1-23H,24H2. The van der Waals surface area contributed by atoms with E-state index in [1.54, 1.807) is 4.80 Å². The molecule has 0 radical (unpaired) electrons. The summed E-state index contributed by atoms with van der Waals surface area (Å²) >= 11 is 0. The van der Waals surface area contributed by atoms with Crippen LogP contribution >= 0.6 is 0 Å². The molecular formula is C33H25N7. The molecule has 5 aromatic carbocycles. The molecule has 0 bridgehead atoms. The molecule has 0 aliphatic carbocycles. The first-order valence-electron chi connectivity index (χ1n) is 13.0. The summed E-state index contributed by atoms with van der Waals surface area (Å²) in [5.41, 5.74) is 14.7. The molecule has 0 aliphatic heterocycles. The predicted molar refractivity (Wildman–Crippen MR) is 156 cm³/mol. The second-order valence-electron chi connectivity index (χ2n) is 9.35. The average molecular weight is 520 g/mol. The molecule has 6 rings (SSSR count). The largest absolute Gasteiger partial charge is 0.205 e. The summed E-state index contributed by atoms with van der Waals surface area (Å²) in [6, 6.07) is 46.8. The van der Waals surface area contributed by atoms with E-state index in [0.717, 1.165) is 38.9 Å². The van der Waals surface area contributed by atoms with Crippen LogP contribution in [0.25, 0.3) is 33.0 Å². The van der Waals surface area contributed by atoms with Crippen molar-refractivity contribution in [2.24, 2.45) is 5.11 Å². The molecule has 0 amide bonds. The van der Waals surface area contributed by atoms with Crippen LogP contribution in [-0.2, 0) is 12.1 Å². The summed E-state index contributed by atoms with van der Waals surface area (Å²) in [7, 11) is 0. The number of rotatable bonds is 8. The maximum absolute atomic E-state index is 8.88. The first kappa shape index (κ1) is 24.8. The van der Waals surface area contributed by atoms with Gasteiger partial charge >= 0.3 is 0 Å². The molecule has 192 valence electrons. The van der Waals surface area contributed by atoms with Crippen LogP contribution in [0.5, 0.6) is 0 Å². The molecule has 7 heteroatoms. The van der Waals surface area contributed by atoms with Gasteiger partial charge in [0.1, 0.15) is 0 Å². The van der Waals surface area contributed by atoms with Crippen LogP contribution in [-0.4, -0.2) is 20.2 Å². The van der Waals surface area contributed by atoms with Crippen molar-refractivity contribution in [2.45, 2.75) is 12.1 Å². The zero-order valence-corrected chi connectivity index (χ0v) is 21.6. The van der Waals surface area contributed by atoms with E-state index in [2.05, 4.69) is 63.7 Å². The van der Waals surface area contributed by atoms with Gasteiger partial charge in [0, 0.05) is 10.5 Å². The fraction of sp³-hybridized carbons (Fsp3) is 0.0606. The van der Waals surface area contributed by atoms with Gasteiger partial charge in [-0.05, 0) is 50.2 Å². The third kappa shape index (κ3) is 4.51. The highest BCUT2D eigenvalue weighted by molar-refractivity contribution is 5.80. The molecule has 1 heterocycles. The zero-order valence-electron chi connectivity index (χ0n) is 21.6. The van der Waals surface area contributed by atoms with Crippen molar-refractivity contribution < 1.29 is 0 Å². The second-order valence-corrected chi connectivity index (χ2v) is 9.35. The molecular weight excluding hydrogens is 494 g/mol.